The van der Waals surface area contributed by atoms with E-state index in [9.17, 15) is 8.42 Å². The van der Waals surface area contributed by atoms with Gasteiger partial charge < -0.3 is 4.90 Å². The van der Waals surface area contributed by atoms with E-state index in [0.717, 1.165) is 13.0 Å². The highest BCUT2D eigenvalue weighted by Gasteiger charge is 2.05. The third-order valence-electron chi connectivity index (χ3n) is 1.91. The van der Waals surface area contributed by atoms with Crippen LogP contribution in [0.25, 0.3) is 0 Å². The van der Waals surface area contributed by atoms with E-state index in [1.807, 2.05) is 7.05 Å². The molecule has 0 heterocycles. The minimum absolute atomic E-state index is 0.296. The zero-order chi connectivity index (χ0) is 9.78. The molecule has 0 N–H and O–H groups in total. The van der Waals surface area contributed by atoms with E-state index in [1.54, 1.807) is 0 Å². The van der Waals surface area contributed by atoms with Crippen molar-refractivity contribution in [3.8, 4) is 0 Å². The van der Waals surface area contributed by atoms with E-state index in [-0.39, 0.29) is 0 Å². The summed E-state index contributed by atoms with van der Waals surface area (Å²) in [6.45, 7) is 5.05. The smallest absolute Gasteiger partial charge is 0.147 e. The summed E-state index contributed by atoms with van der Waals surface area (Å²) in [4.78, 5) is 2.14. The van der Waals surface area contributed by atoms with Crippen molar-refractivity contribution in [3.63, 3.8) is 0 Å². The van der Waals surface area contributed by atoms with Crippen LogP contribution in [0.3, 0.4) is 0 Å². The Bertz CT molecular complexity index is 209. The lowest BCUT2D eigenvalue weighted by Gasteiger charge is -2.20. The van der Waals surface area contributed by atoms with Crippen LogP contribution in [-0.4, -0.2) is 45.0 Å². The molecule has 0 rings (SSSR count). The largest absolute Gasteiger partial charge is 0.304 e. The van der Waals surface area contributed by atoms with Crippen LogP contribution in [0.1, 0.15) is 20.3 Å². The van der Waals surface area contributed by atoms with Crippen molar-refractivity contribution in [2.24, 2.45) is 0 Å². The summed E-state index contributed by atoms with van der Waals surface area (Å²) in [5.74, 6) is 0.296. The van der Waals surface area contributed by atoms with Crippen molar-refractivity contribution in [1.29, 1.82) is 0 Å². The first-order chi connectivity index (χ1) is 5.33. The van der Waals surface area contributed by atoms with Crippen molar-refractivity contribution in [2.45, 2.75) is 26.3 Å². The third-order valence-corrected chi connectivity index (χ3v) is 2.94. The second-order valence-electron chi connectivity index (χ2n) is 3.56. The van der Waals surface area contributed by atoms with Gasteiger partial charge in [-0.1, -0.05) is 0 Å². The molecule has 0 fully saturated rings. The summed E-state index contributed by atoms with van der Waals surface area (Å²) in [5, 5.41) is 0. The highest BCUT2D eigenvalue weighted by Crippen LogP contribution is 1.96. The number of rotatable bonds is 5. The Kier molecular flexibility index (Phi) is 4.78. The van der Waals surface area contributed by atoms with Gasteiger partial charge in [0, 0.05) is 12.3 Å². The zero-order valence-corrected chi connectivity index (χ0v) is 9.19. The predicted octanol–water partition coefficient (Wildman–Crippen LogP) is 0.761. The standard InChI is InChI=1S/C8H19NO2S/c1-8(2)9(3)6-5-7-12(4,10)11/h8H,5-7H2,1-4H3. The van der Waals surface area contributed by atoms with E-state index in [0.29, 0.717) is 11.8 Å². The molecule has 0 aliphatic rings. The Labute approximate surface area is 75.7 Å². The monoisotopic (exact) mass is 193 g/mol. The van der Waals surface area contributed by atoms with Crippen LogP contribution >= 0.6 is 0 Å². The average molecular weight is 193 g/mol. The molecule has 0 aromatic heterocycles. The van der Waals surface area contributed by atoms with Crippen LogP contribution in [0.2, 0.25) is 0 Å². The van der Waals surface area contributed by atoms with Gasteiger partial charge in [-0.2, -0.15) is 0 Å². The second kappa shape index (κ2) is 4.82. The predicted molar refractivity (Wildman–Crippen MR) is 52.1 cm³/mol. The molecule has 0 amide bonds. The van der Waals surface area contributed by atoms with Crippen LogP contribution in [-0.2, 0) is 9.84 Å². The van der Waals surface area contributed by atoms with Gasteiger partial charge in [0.05, 0.1) is 5.75 Å². The summed E-state index contributed by atoms with van der Waals surface area (Å²) in [6.07, 6.45) is 2.01. The van der Waals surface area contributed by atoms with Crippen LogP contribution in [0.4, 0.5) is 0 Å². The van der Waals surface area contributed by atoms with Crippen molar-refractivity contribution in [1.82, 2.24) is 4.90 Å². The van der Waals surface area contributed by atoms with E-state index in [2.05, 4.69) is 18.7 Å². The van der Waals surface area contributed by atoms with Gasteiger partial charge in [-0.3, -0.25) is 0 Å². The van der Waals surface area contributed by atoms with Crippen LogP contribution in [0.5, 0.6) is 0 Å². The Morgan fingerprint density at radius 1 is 1.33 bits per heavy atom. The Hall–Kier alpha value is -0.0900. The first kappa shape index (κ1) is 11.9. The molecule has 0 radical (unpaired) electrons. The molecule has 0 unspecified atom stereocenters. The van der Waals surface area contributed by atoms with Crippen molar-refractivity contribution < 1.29 is 8.42 Å². The van der Waals surface area contributed by atoms with Crippen molar-refractivity contribution in [2.75, 3.05) is 25.6 Å². The van der Waals surface area contributed by atoms with E-state index in [1.165, 1.54) is 6.26 Å². The maximum atomic E-state index is 10.8. The molecule has 74 valence electrons. The minimum Gasteiger partial charge on any atom is -0.304 e. The molecule has 0 saturated heterocycles. The topological polar surface area (TPSA) is 37.4 Å². The summed E-state index contributed by atoms with van der Waals surface area (Å²) < 4.78 is 21.5. The van der Waals surface area contributed by atoms with Gasteiger partial charge in [0.2, 0.25) is 0 Å². The summed E-state index contributed by atoms with van der Waals surface area (Å²) in [7, 11) is -0.765. The molecule has 0 atom stereocenters. The van der Waals surface area contributed by atoms with Gasteiger partial charge in [0.15, 0.2) is 0 Å². The summed E-state index contributed by atoms with van der Waals surface area (Å²) in [5.41, 5.74) is 0. The average Bonchev–Trinajstić information content (AvgIpc) is 1.84. The SMILES string of the molecule is CC(C)N(C)CCCS(C)(=O)=O. The Balaban J connectivity index is 3.58. The number of nitrogens with zero attached hydrogens (tertiary/aromatic N) is 1. The maximum Gasteiger partial charge on any atom is 0.147 e. The molecule has 12 heavy (non-hydrogen) atoms. The Morgan fingerprint density at radius 3 is 2.17 bits per heavy atom. The first-order valence-electron chi connectivity index (χ1n) is 4.21. The molecular weight excluding hydrogens is 174 g/mol. The first-order valence-corrected chi connectivity index (χ1v) is 6.27. The van der Waals surface area contributed by atoms with Gasteiger partial charge in [-0.15, -0.1) is 0 Å². The van der Waals surface area contributed by atoms with Crippen LogP contribution in [0, 0.1) is 0 Å². The van der Waals surface area contributed by atoms with Crippen molar-refractivity contribution in [3.05, 3.63) is 0 Å². The third kappa shape index (κ3) is 6.61. The number of hydrogen-bond donors (Lipinski definition) is 0. The van der Waals surface area contributed by atoms with Crippen LogP contribution in [0.15, 0.2) is 0 Å². The van der Waals surface area contributed by atoms with Crippen molar-refractivity contribution >= 4 is 9.84 Å². The molecule has 0 aliphatic heterocycles. The molecule has 3 nitrogen and oxygen atoms in total. The highest BCUT2D eigenvalue weighted by atomic mass is 32.2. The molecular formula is C8H19NO2S. The summed E-state index contributed by atoms with van der Waals surface area (Å²) >= 11 is 0. The quantitative estimate of drug-likeness (QED) is 0.647. The second-order valence-corrected chi connectivity index (χ2v) is 5.82. The lowest BCUT2D eigenvalue weighted by molar-refractivity contribution is 0.275. The van der Waals surface area contributed by atoms with E-state index >= 15 is 0 Å². The highest BCUT2D eigenvalue weighted by molar-refractivity contribution is 7.90. The molecule has 4 heteroatoms. The van der Waals surface area contributed by atoms with Gasteiger partial charge >= 0.3 is 0 Å². The van der Waals surface area contributed by atoms with Gasteiger partial charge in [-0.25, -0.2) is 8.42 Å². The lowest BCUT2D eigenvalue weighted by atomic mass is 10.3. The lowest BCUT2D eigenvalue weighted by Crippen LogP contribution is -2.28. The fourth-order valence-electron chi connectivity index (χ4n) is 0.834. The summed E-state index contributed by atoms with van der Waals surface area (Å²) in [6, 6.07) is 0.490. The zero-order valence-electron chi connectivity index (χ0n) is 8.37. The fraction of sp³-hybridized carbons (Fsp3) is 1.00. The fourth-order valence-corrected chi connectivity index (χ4v) is 1.49. The maximum absolute atomic E-state index is 10.8. The van der Waals surface area contributed by atoms with Gasteiger partial charge in [0.1, 0.15) is 9.84 Å². The number of sulfone groups is 1. The molecule has 0 spiro atoms. The molecule has 0 saturated carbocycles. The van der Waals surface area contributed by atoms with Gasteiger partial charge in [-0.05, 0) is 33.9 Å². The van der Waals surface area contributed by atoms with Gasteiger partial charge in [0.25, 0.3) is 0 Å². The number of hydrogen-bond acceptors (Lipinski definition) is 3. The minimum atomic E-state index is -2.77. The normalized spacial score (nSPS) is 12.8. The molecule has 0 aromatic carbocycles. The molecule has 0 bridgehead atoms. The van der Waals surface area contributed by atoms with Crippen LogP contribution < -0.4 is 0 Å². The van der Waals surface area contributed by atoms with E-state index < -0.39 is 9.84 Å². The Morgan fingerprint density at radius 2 is 1.83 bits per heavy atom. The molecule has 0 aliphatic carbocycles. The van der Waals surface area contributed by atoms with E-state index in [4.69, 9.17) is 0 Å². The molecule has 0 aromatic rings.